The van der Waals surface area contributed by atoms with E-state index in [0.717, 1.165) is 6.42 Å². The Hall–Kier alpha value is -1.40. The molecule has 1 atom stereocenters. The van der Waals surface area contributed by atoms with Crippen molar-refractivity contribution in [2.75, 3.05) is 17.3 Å². The average Bonchev–Trinajstić information content (AvgIpc) is 2.26. The van der Waals surface area contributed by atoms with Gasteiger partial charge in [0.05, 0.1) is 12.6 Å². The van der Waals surface area contributed by atoms with Crippen LogP contribution in [0.1, 0.15) is 13.3 Å². The van der Waals surface area contributed by atoms with E-state index in [1.807, 2.05) is 6.92 Å². The predicted octanol–water partition coefficient (Wildman–Crippen LogP) is -0.0550. The van der Waals surface area contributed by atoms with Crippen molar-refractivity contribution < 1.29 is 5.11 Å². The number of hydrogen-bond acceptors (Lipinski definition) is 6. The van der Waals surface area contributed by atoms with E-state index < -0.39 is 0 Å². The minimum atomic E-state index is 0.00974. The Labute approximate surface area is 82.5 Å². The van der Waals surface area contributed by atoms with Crippen LogP contribution >= 0.6 is 0 Å². The summed E-state index contributed by atoms with van der Waals surface area (Å²) in [5, 5.41) is 12.0. The highest BCUT2D eigenvalue weighted by Gasteiger charge is 2.05. The molecule has 0 bridgehead atoms. The molecule has 0 radical (unpaired) electrons. The molecule has 0 aliphatic heterocycles. The lowest BCUT2D eigenvalue weighted by Gasteiger charge is -2.14. The summed E-state index contributed by atoms with van der Waals surface area (Å²) in [6, 6.07) is 1.69. The molecular weight excluding hydrogens is 182 g/mol. The topological polar surface area (TPSA) is 96.1 Å². The fourth-order valence-electron chi connectivity index (χ4n) is 1.00. The first kappa shape index (κ1) is 10.7. The molecule has 0 aromatic carbocycles. The SMILES string of the molecule is CCC(CO)Nc1cc(NN)ncn1. The van der Waals surface area contributed by atoms with E-state index in [2.05, 4.69) is 20.7 Å². The molecule has 1 aromatic rings. The highest BCUT2D eigenvalue weighted by Crippen LogP contribution is 2.09. The van der Waals surface area contributed by atoms with Crippen LogP contribution < -0.4 is 16.6 Å². The molecule has 0 aliphatic carbocycles. The first-order chi connectivity index (χ1) is 6.80. The number of aromatic nitrogens is 2. The van der Waals surface area contributed by atoms with Crippen molar-refractivity contribution >= 4 is 11.6 Å². The summed E-state index contributed by atoms with van der Waals surface area (Å²) in [6.07, 6.45) is 2.23. The van der Waals surface area contributed by atoms with Gasteiger partial charge in [0.2, 0.25) is 0 Å². The van der Waals surface area contributed by atoms with Gasteiger partial charge in [0.15, 0.2) is 0 Å². The minimum Gasteiger partial charge on any atom is -0.394 e. The standard InChI is InChI=1S/C8H15N5O/c1-2-6(4-14)12-7-3-8(13-9)11-5-10-7/h3,5-6,14H,2,4,9H2,1H3,(H2,10,11,12,13). The maximum atomic E-state index is 8.97. The van der Waals surface area contributed by atoms with Gasteiger partial charge in [-0.3, -0.25) is 0 Å². The molecule has 1 rings (SSSR count). The second kappa shape index (κ2) is 5.36. The summed E-state index contributed by atoms with van der Waals surface area (Å²) < 4.78 is 0. The van der Waals surface area contributed by atoms with Gasteiger partial charge in [-0.1, -0.05) is 6.92 Å². The van der Waals surface area contributed by atoms with Gasteiger partial charge in [0.1, 0.15) is 18.0 Å². The number of nitrogen functional groups attached to an aromatic ring is 1. The summed E-state index contributed by atoms with van der Waals surface area (Å²) >= 11 is 0. The zero-order valence-electron chi connectivity index (χ0n) is 8.07. The lowest BCUT2D eigenvalue weighted by Crippen LogP contribution is -2.23. The molecule has 6 nitrogen and oxygen atoms in total. The molecule has 0 spiro atoms. The van der Waals surface area contributed by atoms with Gasteiger partial charge in [-0.25, -0.2) is 15.8 Å². The van der Waals surface area contributed by atoms with E-state index in [9.17, 15) is 0 Å². The third-order valence-electron chi connectivity index (χ3n) is 1.88. The number of nitrogens with two attached hydrogens (primary N) is 1. The van der Waals surface area contributed by atoms with E-state index in [0.29, 0.717) is 11.6 Å². The summed E-state index contributed by atoms with van der Waals surface area (Å²) in [6.45, 7) is 2.06. The van der Waals surface area contributed by atoms with Crippen molar-refractivity contribution in [3.05, 3.63) is 12.4 Å². The first-order valence-corrected chi connectivity index (χ1v) is 4.46. The molecule has 1 unspecified atom stereocenters. The van der Waals surface area contributed by atoms with Crippen molar-refractivity contribution in [3.63, 3.8) is 0 Å². The fraction of sp³-hybridized carbons (Fsp3) is 0.500. The van der Waals surface area contributed by atoms with Crippen molar-refractivity contribution in [3.8, 4) is 0 Å². The molecule has 14 heavy (non-hydrogen) atoms. The Morgan fingerprint density at radius 2 is 2.21 bits per heavy atom. The number of aliphatic hydroxyl groups is 1. The fourth-order valence-corrected chi connectivity index (χ4v) is 1.00. The van der Waals surface area contributed by atoms with E-state index >= 15 is 0 Å². The third kappa shape index (κ3) is 2.82. The Morgan fingerprint density at radius 1 is 1.50 bits per heavy atom. The molecule has 0 aliphatic rings. The second-order valence-corrected chi connectivity index (χ2v) is 2.86. The van der Waals surface area contributed by atoms with Crippen LogP contribution in [0.4, 0.5) is 11.6 Å². The molecule has 1 heterocycles. The smallest absolute Gasteiger partial charge is 0.145 e. The van der Waals surface area contributed by atoms with Gasteiger partial charge >= 0.3 is 0 Å². The lowest BCUT2D eigenvalue weighted by molar-refractivity contribution is 0.271. The van der Waals surface area contributed by atoms with Crippen molar-refractivity contribution in [1.29, 1.82) is 0 Å². The number of anilines is 2. The third-order valence-corrected chi connectivity index (χ3v) is 1.88. The maximum absolute atomic E-state index is 8.97. The predicted molar refractivity (Wildman–Crippen MR) is 54.6 cm³/mol. The monoisotopic (exact) mass is 197 g/mol. The molecule has 1 aromatic heterocycles. The van der Waals surface area contributed by atoms with Gasteiger partial charge in [-0.15, -0.1) is 0 Å². The van der Waals surface area contributed by atoms with E-state index in [1.165, 1.54) is 6.33 Å². The van der Waals surface area contributed by atoms with E-state index in [1.54, 1.807) is 6.07 Å². The molecule has 0 fully saturated rings. The number of hydrogen-bond donors (Lipinski definition) is 4. The van der Waals surface area contributed by atoms with Crippen LogP contribution in [0.25, 0.3) is 0 Å². The van der Waals surface area contributed by atoms with Crippen LogP contribution in [-0.4, -0.2) is 27.7 Å². The highest BCUT2D eigenvalue weighted by molar-refractivity contribution is 5.46. The molecule has 0 saturated heterocycles. The largest absolute Gasteiger partial charge is 0.394 e. The van der Waals surface area contributed by atoms with Crippen LogP contribution in [0.15, 0.2) is 12.4 Å². The molecule has 5 N–H and O–H groups in total. The lowest BCUT2D eigenvalue weighted by atomic mass is 10.2. The quantitative estimate of drug-likeness (QED) is 0.390. The average molecular weight is 197 g/mol. The maximum Gasteiger partial charge on any atom is 0.145 e. The molecule has 6 heteroatoms. The second-order valence-electron chi connectivity index (χ2n) is 2.86. The number of aliphatic hydroxyl groups excluding tert-OH is 1. The molecule has 0 saturated carbocycles. The zero-order valence-corrected chi connectivity index (χ0v) is 8.07. The van der Waals surface area contributed by atoms with Gasteiger partial charge in [0.25, 0.3) is 0 Å². The Morgan fingerprint density at radius 3 is 2.79 bits per heavy atom. The summed E-state index contributed by atoms with van der Waals surface area (Å²) in [5.74, 6) is 6.38. The van der Waals surface area contributed by atoms with Crippen LogP contribution in [0, 0.1) is 0 Å². The summed E-state index contributed by atoms with van der Waals surface area (Å²) in [7, 11) is 0. The normalized spacial score (nSPS) is 12.2. The molecule has 78 valence electrons. The van der Waals surface area contributed by atoms with Gasteiger partial charge in [0, 0.05) is 6.07 Å². The van der Waals surface area contributed by atoms with Gasteiger partial charge in [-0.2, -0.15) is 0 Å². The minimum absolute atomic E-state index is 0.00974. The van der Waals surface area contributed by atoms with E-state index in [4.69, 9.17) is 10.9 Å². The van der Waals surface area contributed by atoms with Crippen LogP contribution in [-0.2, 0) is 0 Å². The van der Waals surface area contributed by atoms with Crippen LogP contribution in [0.3, 0.4) is 0 Å². The molecular formula is C8H15N5O. The Kier molecular flexibility index (Phi) is 4.09. The highest BCUT2D eigenvalue weighted by atomic mass is 16.3. The Balaban J connectivity index is 2.65. The van der Waals surface area contributed by atoms with Crippen LogP contribution in [0.2, 0.25) is 0 Å². The van der Waals surface area contributed by atoms with Gasteiger partial charge < -0.3 is 15.8 Å². The number of nitrogens with one attached hydrogen (secondary N) is 2. The number of nitrogens with zero attached hydrogens (tertiary/aromatic N) is 2. The molecule has 0 amide bonds. The zero-order chi connectivity index (χ0) is 10.4. The summed E-state index contributed by atoms with van der Waals surface area (Å²) in [4.78, 5) is 7.86. The number of hydrazine groups is 1. The Bertz CT molecular complexity index is 276. The van der Waals surface area contributed by atoms with E-state index in [-0.39, 0.29) is 12.6 Å². The van der Waals surface area contributed by atoms with Crippen molar-refractivity contribution in [2.24, 2.45) is 5.84 Å². The summed E-state index contributed by atoms with van der Waals surface area (Å²) in [5.41, 5.74) is 2.42. The van der Waals surface area contributed by atoms with Crippen molar-refractivity contribution in [2.45, 2.75) is 19.4 Å². The van der Waals surface area contributed by atoms with Crippen molar-refractivity contribution in [1.82, 2.24) is 9.97 Å². The van der Waals surface area contributed by atoms with Crippen LogP contribution in [0.5, 0.6) is 0 Å². The number of rotatable bonds is 5. The first-order valence-electron chi connectivity index (χ1n) is 4.46. The van der Waals surface area contributed by atoms with Gasteiger partial charge in [-0.05, 0) is 6.42 Å².